The number of amides is 1. The SMILES string of the molecule is CC(C)(C)OC(=O)N1c2ccc(Cl)cc2CC1CO. The molecule has 0 fully saturated rings. The van der Waals surface area contributed by atoms with Crippen LogP contribution < -0.4 is 4.90 Å². The van der Waals surface area contributed by atoms with E-state index < -0.39 is 11.7 Å². The summed E-state index contributed by atoms with van der Waals surface area (Å²) >= 11 is 5.95. The second-order valence-corrected chi connectivity index (χ2v) is 6.10. The van der Waals surface area contributed by atoms with E-state index in [-0.39, 0.29) is 12.6 Å². The Morgan fingerprint density at radius 1 is 1.53 bits per heavy atom. The van der Waals surface area contributed by atoms with E-state index in [1.54, 1.807) is 12.1 Å². The van der Waals surface area contributed by atoms with Gasteiger partial charge >= 0.3 is 6.09 Å². The largest absolute Gasteiger partial charge is 0.443 e. The molecule has 0 spiro atoms. The second-order valence-electron chi connectivity index (χ2n) is 5.66. The fraction of sp³-hybridized carbons (Fsp3) is 0.500. The van der Waals surface area contributed by atoms with Crippen molar-refractivity contribution in [2.75, 3.05) is 11.5 Å². The summed E-state index contributed by atoms with van der Waals surface area (Å²) < 4.78 is 5.38. The Hall–Kier alpha value is -1.26. The highest BCUT2D eigenvalue weighted by molar-refractivity contribution is 6.30. The van der Waals surface area contributed by atoms with Gasteiger partial charge in [0.1, 0.15) is 5.60 Å². The molecule has 1 aromatic rings. The quantitative estimate of drug-likeness (QED) is 0.862. The second kappa shape index (κ2) is 5.02. The normalized spacial score (nSPS) is 18.4. The first-order valence-corrected chi connectivity index (χ1v) is 6.61. The molecule has 0 aliphatic carbocycles. The number of benzene rings is 1. The van der Waals surface area contributed by atoms with Gasteiger partial charge in [0.2, 0.25) is 0 Å². The summed E-state index contributed by atoms with van der Waals surface area (Å²) in [5.74, 6) is 0. The van der Waals surface area contributed by atoms with Crippen LogP contribution >= 0.6 is 11.6 Å². The molecule has 1 aromatic carbocycles. The average Bonchev–Trinajstić information content (AvgIpc) is 2.63. The van der Waals surface area contributed by atoms with E-state index in [1.165, 1.54) is 4.90 Å². The lowest BCUT2D eigenvalue weighted by Gasteiger charge is -2.28. The number of carbonyl (C=O) groups is 1. The van der Waals surface area contributed by atoms with E-state index in [9.17, 15) is 9.90 Å². The van der Waals surface area contributed by atoms with Crippen LogP contribution in [0.1, 0.15) is 26.3 Å². The van der Waals surface area contributed by atoms with Crippen LogP contribution in [0.3, 0.4) is 0 Å². The van der Waals surface area contributed by atoms with Gasteiger partial charge in [0.25, 0.3) is 0 Å². The Balaban J connectivity index is 2.31. The minimum atomic E-state index is -0.563. The molecule has 1 aliphatic heterocycles. The minimum Gasteiger partial charge on any atom is -0.443 e. The maximum atomic E-state index is 12.2. The molecule has 0 radical (unpaired) electrons. The van der Waals surface area contributed by atoms with Crippen LogP contribution in [0.2, 0.25) is 5.02 Å². The number of carbonyl (C=O) groups excluding carboxylic acids is 1. The molecule has 1 heterocycles. The monoisotopic (exact) mass is 283 g/mol. The molecule has 1 atom stereocenters. The molecule has 19 heavy (non-hydrogen) atoms. The Bertz CT molecular complexity index is 496. The Kier molecular flexibility index (Phi) is 3.74. The van der Waals surface area contributed by atoms with Gasteiger partial charge in [-0.05, 0) is 51.0 Å². The number of halogens is 1. The third-order valence-corrected chi connectivity index (χ3v) is 3.16. The van der Waals surface area contributed by atoms with E-state index in [1.807, 2.05) is 26.8 Å². The van der Waals surface area contributed by atoms with Crippen molar-refractivity contribution in [1.82, 2.24) is 0 Å². The zero-order valence-electron chi connectivity index (χ0n) is 11.3. The molecule has 1 aliphatic rings. The third kappa shape index (κ3) is 3.01. The number of fused-ring (bicyclic) bond motifs is 1. The third-order valence-electron chi connectivity index (χ3n) is 2.92. The molecule has 2 rings (SSSR count). The number of hydrogen-bond acceptors (Lipinski definition) is 3. The van der Waals surface area contributed by atoms with Gasteiger partial charge in [-0.25, -0.2) is 4.79 Å². The number of hydrogen-bond donors (Lipinski definition) is 1. The van der Waals surface area contributed by atoms with Crippen molar-refractivity contribution in [1.29, 1.82) is 0 Å². The van der Waals surface area contributed by atoms with E-state index in [2.05, 4.69) is 0 Å². The lowest BCUT2D eigenvalue weighted by Crippen LogP contribution is -2.43. The van der Waals surface area contributed by atoms with Crippen LogP contribution in [0.4, 0.5) is 10.5 Å². The molecule has 0 bridgehead atoms. The van der Waals surface area contributed by atoms with Gasteiger partial charge in [0, 0.05) is 5.02 Å². The van der Waals surface area contributed by atoms with Crippen LogP contribution in [0.15, 0.2) is 18.2 Å². The fourth-order valence-corrected chi connectivity index (χ4v) is 2.39. The maximum absolute atomic E-state index is 12.2. The van der Waals surface area contributed by atoms with Gasteiger partial charge in [-0.3, -0.25) is 4.90 Å². The molecule has 1 amide bonds. The predicted molar refractivity (Wildman–Crippen MR) is 74.7 cm³/mol. The number of rotatable bonds is 1. The zero-order valence-corrected chi connectivity index (χ0v) is 12.1. The topological polar surface area (TPSA) is 49.8 Å². The standard InChI is InChI=1S/C14H18ClNO3/c1-14(2,3)19-13(18)16-11(8-17)7-9-6-10(15)4-5-12(9)16/h4-6,11,17H,7-8H2,1-3H3. The van der Waals surface area contributed by atoms with E-state index in [4.69, 9.17) is 16.3 Å². The van der Waals surface area contributed by atoms with Crippen molar-refractivity contribution < 1.29 is 14.6 Å². The zero-order chi connectivity index (χ0) is 14.2. The van der Waals surface area contributed by atoms with Crippen molar-refractivity contribution in [2.45, 2.75) is 38.8 Å². The lowest BCUT2D eigenvalue weighted by atomic mass is 10.1. The van der Waals surface area contributed by atoms with Gasteiger partial charge in [0.05, 0.1) is 18.3 Å². The van der Waals surface area contributed by atoms with E-state index in [0.29, 0.717) is 11.4 Å². The maximum Gasteiger partial charge on any atom is 0.415 e. The number of aliphatic hydroxyl groups excluding tert-OH is 1. The number of nitrogens with zero attached hydrogens (tertiary/aromatic N) is 1. The summed E-state index contributed by atoms with van der Waals surface area (Å²) in [5.41, 5.74) is 1.15. The summed E-state index contributed by atoms with van der Waals surface area (Å²) in [6.07, 6.45) is 0.152. The Labute approximate surface area is 117 Å². The smallest absolute Gasteiger partial charge is 0.415 e. The first kappa shape index (κ1) is 14.2. The molecule has 0 saturated heterocycles. The molecule has 104 valence electrons. The summed E-state index contributed by atoms with van der Waals surface area (Å²) in [6.45, 7) is 5.35. The first-order chi connectivity index (χ1) is 8.81. The van der Waals surface area contributed by atoms with Crippen LogP contribution in [-0.4, -0.2) is 29.4 Å². The molecule has 5 heteroatoms. The Morgan fingerprint density at radius 3 is 2.79 bits per heavy atom. The highest BCUT2D eigenvalue weighted by Crippen LogP contribution is 2.35. The molecule has 1 N–H and O–H groups in total. The van der Waals surface area contributed by atoms with Crippen LogP contribution in [0, 0.1) is 0 Å². The van der Waals surface area contributed by atoms with Gasteiger partial charge in [-0.15, -0.1) is 0 Å². The van der Waals surface area contributed by atoms with Gasteiger partial charge in [-0.1, -0.05) is 11.6 Å². The van der Waals surface area contributed by atoms with Crippen LogP contribution in [0.5, 0.6) is 0 Å². The molecule has 1 unspecified atom stereocenters. The Morgan fingerprint density at radius 2 is 2.21 bits per heavy atom. The summed E-state index contributed by atoms with van der Waals surface area (Å²) in [5, 5.41) is 10.1. The van der Waals surface area contributed by atoms with Gasteiger partial charge in [0.15, 0.2) is 0 Å². The van der Waals surface area contributed by atoms with Crippen molar-refractivity contribution in [3.05, 3.63) is 28.8 Å². The highest BCUT2D eigenvalue weighted by Gasteiger charge is 2.36. The highest BCUT2D eigenvalue weighted by atomic mass is 35.5. The van der Waals surface area contributed by atoms with Crippen molar-refractivity contribution in [3.8, 4) is 0 Å². The van der Waals surface area contributed by atoms with Crippen molar-refractivity contribution >= 4 is 23.4 Å². The molecular formula is C14H18ClNO3. The molecule has 4 nitrogen and oxygen atoms in total. The minimum absolute atomic E-state index is 0.106. The summed E-state index contributed by atoms with van der Waals surface area (Å²) in [4.78, 5) is 13.7. The summed E-state index contributed by atoms with van der Waals surface area (Å²) in [6, 6.07) is 5.06. The number of anilines is 1. The average molecular weight is 284 g/mol. The number of aliphatic hydroxyl groups is 1. The van der Waals surface area contributed by atoms with Crippen LogP contribution in [-0.2, 0) is 11.2 Å². The first-order valence-electron chi connectivity index (χ1n) is 6.23. The van der Waals surface area contributed by atoms with Crippen molar-refractivity contribution in [2.24, 2.45) is 0 Å². The molecular weight excluding hydrogens is 266 g/mol. The number of ether oxygens (including phenoxy) is 1. The van der Waals surface area contributed by atoms with E-state index >= 15 is 0 Å². The molecule has 0 aromatic heterocycles. The van der Waals surface area contributed by atoms with Crippen LogP contribution in [0.25, 0.3) is 0 Å². The van der Waals surface area contributed by atoms with E-state index in [0.717, 1.165) is 11.3 Å². The lowest BCUT2D eigenvalue weighted by molar-refractivity contribution is 0.0557. The fourth-order valence-electron chi connectivity index (χ4n) is 2.20. The summed E-state index contributed by atoms with van der Waals surface area (Å²) in [7, 11) is 0. The molecule has 0 saturated carbocycles. The van der Waals surface area contributed by atoms with Crippen molar-refractivity contribution in [3.63, 3.8) is 0 Å². The van der Waals surface area contributed by atoms with Gasteiger partial charge < -0.3 is 9.84 Å². The van der Waals surface area contributed by atoms with Gasteiger partial charge in [-0.2, -0.15) is 0 Å². The predicted octanol–water partition coefficient (Wildman–Crippen LogP) is 3.00.